The molecular formula is C20H22O5. The van der Waals surface area contributed by atoms with Crippen molar-refractivity contribution in [1.82, 2.24) is 0 Å². The molecule has 2 unspecified atom stereocenters. The minimum absolute atomic E-state index is 0.248. The van der Waals surface area contributed by atoms with Crippen LogP contribution in [0.25, 0.3) is 0 Å². The van der Waals surface area contributed by atoms with Crippen LogP contribution in [0.3, 0.4) is 0 Å². The zero-order valence-corrected chi connectivity index (χ0v) is 14.1. The number of aliphatic hydroxyl groups excluding tert-OH is 1. The van der Waals surface area contributed by atoms with Gasteiger partial charge in [0.25, 0.3) is 0 Å². The van der Waals surface area contributed by atoms with Crippen molar-refractivity contribution in [2.45, 2.75) is 38.2 Å². The molecule has 2 aromatic carbocycles. The lowest BCUT2D eigenvalue weighted by atomic mass is 9.89. The van der Waals surface area contributed by atoms with Crippen LogP contribution < -0.4 is 0 Å². The molecule has 2 rings (SSSR count). The summed E-state index contributed by atoms with van der Waals surface area (Å²) in [5.41, 5.74) is 2.09. The molecule has 0 saturated carbocycles. The summed E-state index contributed by atoms with van der Waals surface area (Å²) in [5.74, 6) is -2.40. The van der Waals surface area contributed by atoms with Crippen molar-refractivity contribution < 1.29 is 24.8 Å². The van der Waals surface area contributed by atoms with Crippen molar-refractivity contribution >= 4 is 11.8 Å². The van der Waals surface area contributed by atoms with E-state index in [-0.39, 0.29) is 12.2 Å². The molecule has 0 radical (unpaired) electrons. The van der Waals surface area contributed by atoms with Crippen LogP contribution in [0.2, 0.25) is 0 Å². The van der Waals surface area contributed by atoms with Crippen LogP contribution in [0.15, 0.2) is 54.6 Å². The molecule has 0 fully saturated rings. The summed E-state index contributed by atoms with van der Waals surface area (Å²) in [7, 11) is 0. The van der Waals surface area contributed by atoms with Gasteiger partial charge in [-0.05, 0) is 17.5 Å². The minimum atomic E-state index is -1.30. The quantitative estimate of drug-likeness (QED) is 0.436. The van der Waals surface area contributed by atoms with Crippen LogP contribution in [0.4, 0.5) is 0 Å². The van der Waals surface area contributed by atoms with E-state index in [1.54, 1.807) is 42.5 Å². The van der Waals surface area contributed by atoms with Gasteiger partial charge in [-0.3, -0.25) is 4.79 Å². The number of carbonyl (C=O) groups excluding carboxylic acids is 2. The molecule has 0 spiro atoms. The lowest BCUT2D eigenvalue weighted by Crippen LogP contribution is -2.29. The Hall–Kier alpha value is -2.50. The van der Waals surface area contributed by atoms with Crippen molar-refractivity contribution in [3.05, 3.63) is 71.3 Å². The molecule has 0 aliphatic heterocycles. The fourth-order valence-electron chi connectivity index (χ4n) is 2.80. The Labute approximate surface area is 146 Å². The first kappa shape index (κ1) is 18.8. The second-order valence-corrected chi connectivity index (χ2v) is 5.94. The van der Waals surface area contributed by atoms with Gasteiger partial charge in [0.2, 0.25) is 0 Å². The molecule has 0 aromatic heterocycles. The predicted octanol–water partition coefficient (Wildman–Crippen LogP) is 3.37. The Kier molecular flexibility index (Phi) is 6.86. The first-order valence-corrected chi connectivity index (χ1v) is 8.27. The maximum Gasteiger partial charge on any atom is 0.352 e. The molecule has 132 valence electrons. The van der Waals surface area contributed by atoms with Crippen molar-refractivity contribution in [3.63, 3.8) is 0 Å². The van der Waals surface area contributed by atoms with E-state index in [4.69, 9.17) is 5.26 Å². The Morgan fingerprint density at radius 1 is 1.04 bits per heavy atom. The number of hydrogen-bond acceptors (Lipinski definition) is 5. The van der Waals surface area contributed by atoms with E-state index in [0.717, 1.165) is 18.4 Å². The molecule has 5 heteroatoms. The molecule has 0 aliphatic rings. The van der Waals surface area contributed by atoms with Gasteiger partial charge in [0.15, 0.2) is 5.78 Å². The van der Waals surface area contributed by atoms with Gasteiger partial charge in [0.1, 0.15) is 5.92 Å². The maximum atomic E-state index is 12.4. The number of benzene rings is 2. The van der Waals surface area contributed by atoms with E-state index >= 15 is 0 Å². The van der Waals surface area contributed by atoms with Crippen molar-refractivity contribution in [3.8, 4) is 0 Å². The normalized spacial score (nSPS) is 13.1. The number of ketones is 1. The van der Waals surface area contributed by atoms with E-state index in [2.05, 4.69) is 11.8 Å². The molecule has 25 heavy (non-hydrogen) atoms. The second kappa shape index (κ2) is 9.11. The van der Waals surface area contributed by atoms with Gasteiger partial charge in [-0.25, -0.2) is 4.79 Å². The van der Waals surface area contributed by atoms with E-state index in [1.807, 2.05) is 12.1 Å². The third kappa shape index (κ3) is 4.98. The largest absolute Gasteiger partial charge is 0.391 e. The number of aliphatic hydroxyl groups is 1. The van der Waals surface area contributed by atoms with Gasteiger partial charge in [-0.1, -0.05) is 67.9 Å². The second-order valence-electron chi connectivity index (χ2n) is 5.94. The highest BCUT2D eigenvalue weighted by atomic mass is 17.1. The first-order valence-electron chi connectivity index (χ1n) is 8.27. The Morgan fingerprint density at radius 3 is 2.24 bits per heavy atom. The van der Waals surface area contributed by atoms with Crippen LogP contribution in [0.1, 0.15) is 47.2 Å². The summed E-state index contributed by atoms with van der Waals surface area (Å²) in [5, 5.41) is 19.1. The fourth-order valence-corrected chi connectivity index (χ4v) is 2.80. The van der Waals surface area contributed by atoms with Crippen molar-refractivity contribution in [2.24, 2.45) is 0 Å². The van der Waals surface area contributed by atoms with E-state index in [0.29, 0.717) is 11.1 Å². The highest BCUT2D eigenvalue weighted by molar-refractivity contribution is 5.97. The summed E-state index contributed by atoms with van der Waals surface area (Å²) < 4.78 is 0. The van der Waals surface area contributed by atoms with Crippen LogP contribution >= 0.6 is 0 Å². The number of hydrogen-bond donors (Lipinski definition) is 2. The minimum Gasteiger partial charge on any atom is -0.391 e. The Balaban J connectivity index is 2.13. The monoisotopic (exact) mass is 342 g/mol. The Morgan fingerprint density at radius 2 is 1.68 bits per heavy atom. The third-order valence-corrected chi connectivity index (χ3v) is 4.10. The average molecular weight is 342 g/mol. The molecule has 0 saturated heterocycles. The highest BCUT2D eigenvalue weighted by Gasteiger charge is 2.32. The zero-order valence-electron chi connectivity index (χ0n) is 14.1. The SMILES string of the molecule is CCCc1ccc(C(=O)CC(O)C(C(=O)OO)c2ccccc2)cc1. The van der Waals surface area contributed by atoms with Gasteiger partial charge in [0, 0.05) is 12.0 Å². The summed E-state index contributed by atoms with van der Waals surface area (Å²) in [6.07, 6.45) is 0.413. The summed E-state index contributed by atoms with van der Waals surface area (Å²) in [6, 6.07) is 15.7. The van der Waals surface area contributed by atoms with Crippen molar-refractivity contribution in [2.75, 3.05) is 0 Å². The van der Waals surface area contributed by atoms with Gasteiger partial charge >= 0.3 is 5.97 Å². The molecule has 0 heterocycles. The van der Waals surface area contributed by atoms with Gasteiger partial charge < -0.3 is 9.99 Å². The number of Topliss-reactive ketones (excluding diaryl/α,β-unsaturated/α-hetero) is 1. The predicted molar refractivity (Wildman–Crippen MR) is 93.3 cm³/mol. The van der Waals surface area contributed by atoms with Gasteiger partial charge in [0.05, 0.1) is 6.10 Å². The highest BCUT2D eigenvalue weighted by Crippen LogP contribution is 2.24. The first-order chi connectivity index (χ1) is 12.1. The lowest BCUT2D eigenvalue weighted by Gasteiger charge is -2.19. The topological polar surface area (TPSA) is 83.8 Å². The van der Waals surface area contributed by atoms with Crippen LogP contribution in [0.5, 0.6) is 0 Å². The molecule has 0 bridgehead atoms. The van der Waals surface area contributed by atoms with Crippen LogP contribution in [0, 0.1) is 0 Å². The van der Waals surface area contributed by atoms with Crippen LogP contribution in [-0.2, 0) is 16.1 Å². The average Bonchev–Trinajstić information content (AvgIpc) is 2.63. The standard InChI is InChI=1S/C20H22O5/c1-2-6-14-9-11-15(12-10-14)17(21)13-18(22)19(20(23)25-24)16-7-4-3-5-8-16/h3-5,7-12,18-19,22,24H,2,6,13H2,1H3. The van der Waals surface area contributed by atoms with Crippen LogP contribution in [-0.4, -0.2) is 28.2 Å². The summed E-state index contributed by atoms with van der Waals surface area (Å²) in [6.45, 7) is 2.08. The molecule has 2 aromatic rings. The molecular weight excluding hydrogens is 320 g/mol. The van der Waals surface area contributed by atoms with E-state index < -0.39 is 18.0 Å². The zero-order chi connectivity index (χ0) is 18.2. The molecule has 5 nitrogen and oxygen atoms in total. The number of rotatable bonds is 8. The smallest absolute Gasteiger partial charge is 0.352 e. The fraction of sp³-hybridized carbons (Fsp3) is 0.300. The number of aryl methyl sites for hydroxylation is 1. The van der Waals surface area contributed by atoms with Gasteiger partial charge in [-0.15, -0.1) is 0 Å². The molecule has 2 N–H and O–H groups in total. The maximum absolute atomic E-state index is 12.4. The summed E-state index contributed by atoms with van der Waals surface area (Å²) in [4.78, 5) is 28.0. The molecule has 0 amide bonds. The third-order valence-electron chi connectivity index (χ3n) is 4.10. The summed E-state index contributed by atoms with van der Waals surface area (Å²) >= 11 is 0. The lowest BCUT2D eigenvalue weighted by molar-refractivity contribution is -0.238. The van der Waals surface area contributed by atoms with E-state index in [1.165, 1.54) is 0 Å². The van der Waals surface area contributed by atoms with E-state index in [9.17, 15) is 14.7 Å². The molecule has 0 aliphatic carbocycles. The number of carbonyl (C=O) groups is 2. The molecule has 2 atom stereocenters. The Bertz CT molecular complexity index is 694. The van der Waals surface area contributed by atoms with Crippen molar-refractivity contribution in [1.29, 1.82) is 0 Å². The van der Waals surface area contributed by atoms with Gasteiger partial charge in [-0.2, -0.15) is 5.26 Å².